The minimum atomic E-state index is 0.721. The van der Waals surface area contributed by atoms with Crippen molar-refractivity contribution in [1.29, 1.82) is 0 Å². The Balaban J connectivity index is 1.50. The third-order valence-corrected chi connectivity index (χ3v) is 4.91. The predicted octanol–water partition coefficient (Wildman–Crippen LogP) is 4.38. The molecule has 0 aliphatic heterocycles. The van der Waals surface area contributed by atoms with E-state index in [-0.39, 0.29) is 0 Å². The van der Waals surface area contributed by atoms with E-state index >= 15 is 0 Å². The molecule has 1 aliphatic rings. The molecule has 106 valence electrons. The number of benzene rings is 1. The lowest BCUT2D eigenvalue weighted by atomic mass is 10.2. The number of thiophene rings is 1. The first-order valence-corrected chi connectivity index (χ1v) is 8.65. The SMILES string of the molecule is Brc1cc(CNC2CC2)ccc1OCCc1cccs1. The number of hydrogen-bond acceptors (Lipinski definition) is 3. The molecule has 1 saturated carbocycles. The second kappa shape index (κ2) is 6.74. The summed E-state index contributed by atoms with van der Waals surface area (Å²) in [4.78, 5) is 1.37. The molecule has 4 heteroatoms. The molecular formula is C16H18BrNOS. The summed E-state index contributed by atoms with van der Waals surface area (Å²) in [5.41, 5.74) is 1.30. The molecule has 1 aromatic carbocycles. The average molecular weight is 352 g/mol. The fraction of sp³-hybridized carbons (Fsp3) is 0.375. The lowest BCUT2D eigenvalue weighted by Crippen LogP contribution is -2.15. The predicted molar refractivity (Wildman–Crippen MR) is 87.5 cm³/mol. The Kier molecular flexibility index (Phi) is 4.76. The van der Waals surface area contributed by atoms with Gasteiger partial charge in [-0.1, -0.05) is 12.1 Å². The first kappa shape index (κ1) is 14.1. The highest BCUT2D eigenvalue weighted by Crippen LogP contribution is 2.27. The van der Waals surface area contributed by atoms with Crippen molar-refractivity contribution in [3.63, 3.8) is 0 Å². The molecule has 2 aromatic rings. The van der Waals surface area contributed by atoms with Crippen LogP contribution in [-0.2, 0) is 13.0 Å². The van der Waals surface area contributed by atoms with Gasteiger partial charge in [-0.15, -0.1) is 11.3 Å². The quantitative estimate of drug-likeness (QED) is 0.798. The topological polar surface area (TPSA) is 21.3 Å². The summed E-state index contributed by atoms with van der Waals surface area (Å²) in [6.45, 7) is 1.66. The zero-order valence-electron chi connectivity index (χ0n) is 11.3. The molecule has 0 spiro atoms. The van der Waals surface area contributed by atoms with Crippen molar-refractivity contribution in [1.82, 2.24) is 5.32 Å². The minimum absolute atomic E-state index is 0.721. The molecule has 0 saturated heterocycles. The number of nitrogens with one attached hydrogen (secondary N) is 1. The summed E-state index contributed by atoms with van der Waals surface area (Å²) >= 11 is 5.38. The van der Waals surface area contributed by atoms with Crippen molar-refractivity contribution in [3.8, 4) is 5.75 Å². The van der Waals surface area contributed by atoms with Gasteiger partial charge in [-0.2, -0.15) is 0 Å². The zero-order chi connectivity index (χ0) is 13.8. The summed E-state index contributed by atoms with van der Waals surface area (Å²) in [6, 6.07) is 11.3. The first-order valence-electron chi connectivity index (χ1n) is 6.98. The lowest BCUT2D eigenvalue weighted by molar-refractivity contribution is 0.321. The lowest BCUT2D eigenvalue weighted by Gasteiger charge is -2.10. The van der Waals surface area contributed by atoms with Crippen LogP contribution in [0.2, 0.25) is 0 Å². The van der Waals surface area contributed by atoms with E-state index in [0.717, 1.165) is 35.8 Å². The van der Waals surface area contributed by atoms with Gasteiger partial charge in [-0.05, 0) is 57.9 Å². The molecule has 1 N–H and O–H groups in total. The van der Waals surface area contributed by atoms with E-state index in [9.17, 15) is 0 Å². The van der Waals surface area contributed by atoms with E-state index in [1.807, 2.05) is 0 Å². The molecule has 0 bridgehead atoms. The highest BCUT2D eigenvalue weighted by Gasteiger charge is 2.19. The summed E-state index contributed by atoms with van der Waals surface area (Å²) in [5, 5.41) is 5.63. The Morgan fingerprint density at radius 2 is 2.20 bits per heavy atom. The maximum atomic E-state index is 5.84. The van der Waals surface area contributed by atoms with Crippen molar-refractivity contribution in [2.75, 3.05) is 6.61 Å². The van der Waals surface area contributed by atoms with Gasteiger partial charge in [0.05, 0.1) is 11.1 Å². The average Bonchev–Trinajstić information content (AvgIpc) is 3.14. The number of rotatable bonds is 7. The summed E-state index contributed by atoms with van der Waals surface area (Å²) < 4.78 is 6.88. The van der Waals surface area contributed by atoms with E-state index in [2.05, 4.69) is 57.0 Å². The van der Waals surface area contributed by atoms with Crippen LogP contribution < -0.4 is 10.1 Å². The Morgan fingerprint density at radius 1 is 1.30 bits per heavy atom. The molecular weight excluding hydrogens is 334 g/mol. The van der Waals surface area contributed by atoms with Crippen LogP contribution in [0.5, 0.6) is 5.75 Å². The van der Waals surface area contributed by atoms with Gasteiger partial charge < -0.3 is 10.1 Å². The smallest absolute Gasteiger partial charge is 0.133 e. The monoisotopic (exact) mass is 351 g/mol. The van der Waals surface area contributed by atoms with Crippen LogP contribution in [0.15, 0.2) is 40.2 Å². The molecule has 1 aliphatic carbocycles. The van der Waals surface area contributed by atoms with Gasteiger partial charge >= 0.3 is 0 Å². The normalized spacial score (nSPS) is 14.4. The molecule has 1 aromatic heterocycles. The van der Waals surface area contributed by atoms with Gasteiger partial charge in [0.15, 0.2) is 0 Å². The molecule has 20 heavy (non-hydrogen) atoms. The van der Waals surface area contributed by atoms with Crippen LogP contribution in [0.3, 0.4) is 0 Å². The van der Waals surface area contributed by atoms with E-state index in [1.54, 1.807) is 11.3 Å². The Labute approximate surface area is 132 Å². The van der Waals surface area contributed by atoms with Crippen molar-refractivity contribution >= 4 is 27.3 Å². The van der Waals surface area contributed by atoms with Gasteiger partial charge in [0.25, 0.3) is 0 Å². The van der Waals surface area contributed by atoms with Crippen LogP contribution >= 0.6 is 27.3 Å². The van der Waals surface area contributed by atoms with E-state index in [4.69, 9.17) is 4.74 Å². The summed E-state index contributed by atoms with van der Waals surface area (Å²) in [6.07, 6.45) is 3.62. The minimum Gasteiger partial charge on any atom is -0.492 e. The zero-order valence-corrected chi connectivity index (χ0v) is 13.7. The fourth-order valence-electron chi connectivity index (χ4n) is 2.04. The van der Waals surface area contributed by atoms with Gasteiger partial charge in [0, 0.05) is 23.9 Å². The van der Waals surface area contributed by atoms with Gasteiger partial charge in [0.1, 0.15) is 5.75 Å². The molecule has 3 rings (SSSR count). The van der Waals surface area contributed by atoms with Crippen LogP contribution in [0.25, 0.3) is 0 Å². The van der Waals surface area contributed by atoms with Crippen molar-refractivity contribution < 1.29 is 4.74 Å². The van der Waals surface area contributed by atoms with Gasteiger partial charge in [0.2, 0.25) is 0 Å². The maximum absolute atomic E-state index is 5.84. The Bertz CT molecular complexity index is 552. The van der Waals surface area contributed by atoms with Gasteiger partial charge in [-0.3, -0.25) is 0 Å². The molecule has 1 heterocycles. The van der Waals surface area contributed by atoms with Crippen molar-refractivity contribution in [2.24, 2.45) is 0 Å². The van der Waals surface area contributed by atoms with E-state index in [1.165, 1.54) is 23.3 Å². The standard InChI is InChI=1S/C16H18BrNOS/c17-15-10-12(11-18-13-4-5-13)3-6-16(15)19-8-7-14-2-1-9-20-14/h1-3,6,9-10,13,18H,4-5,7-8,11H2. The Morgan fingerprint density at radius 3 is 2.90 bits per heavy atom. The molecule has 0 atom stereocenters. The molecule has 0 radical (unpaired) electrons. The van der Waals surface area contributed by atoms with Crippen LogP contribution in [0.1, 0.15) is 23.3 Å². The molecule has 2 nitrogen and oxygen atoms in total. The van der Waals surface area contributed by atoms with Crippen molar-refractivity contribution in [3.05, 3.63) is 50.6 Å². The summed E-state index contributed by atoms with van der Waals surface area (Å²) in [5.74, 6) is 0.928. The van der Waals surface area contributed by atoms with Crippen LogP contribution in [-0.4, -0.2) is 12.6 Å². The van der Waals surface area contributed by atoms with E-state index in [0.29, 0.717) is 0 Å². The maximum Gasteiger partial charge on any atom is 0.133 e. The van der Waals surface area contributed by atoms with Crippen LogP contribution in [0, 0.1) is 0 Å². The number of halogens is 1. The second-order valence-corrected chi connectivity index (χ2v) is 6.98. The van der Waals surface area contributed by atoms with Gasteiger partial charge in [-0.25, -0.2) is 0 Å². The van der Waals surface area contributed by atoms with Crippen molar-refractivity contribution in [2.45, 2.75) is 31.8 Å². The Hall–Kier alpha value is -0.840. The molecule has 0 amide bonds. The van der Waals surface area contributed by atoms with E-state index < -0.39 is 0 Å². The third-order valence-electron chi connectivity index (χ3n) is 3.35. The highest BCUT2D eigenvalue weighted by molar-refractivity contribution is 9.10. The summed E-state index contributed by atoms with van der Waals surface area (Å²) in [7, 11) is 0. The number of ether oxygens (including phenoxy) is 1. The molecule has 0 unspecified atom stereocenters. The molecule has 1 fully saturated rings. The highest BCUT2D eigenvalue weighted by atomic mass is 79.9. The second-order valence-electron chi connectivity index (χ2n) is 5.10. The third kappa shape index (κ3) is 4.08. The van der Waals surface area contributed by atoms with Crippen LogP contribution in [0.4, 0.5) is 0 Å². The number of hydrogen-bond donors (Lipinski definition) is 1. The fourth-order valence-corrected chi connectivity index (χ4v) is 3.27. The first-order chi connectivity index (χ1) is 9.81. The largest absolute Gasteiger partial charge is 0.492 e.